The smallest absolute Gasteiger partial charge is 0.276 e. The first-order valence-corrected chi connectivity index (χ1v) is 9.47. The minimum Gasteiger partial charge on any atom is -0.296 e. The zero-order valence-corrected chi connectivity index (χ0v) is 14.5. The van der Waals surface area contributed by atoms with Gasteiger partial charge in [0.2, 0.25) is 0 Å². The molecule has 4 heterocycles. The highest BCUT2D eigenvalue weighted by molar-refractivity contribution is 7.16. The number of carbonyl (C=O) groups excluding carboxylic acids is 1. The van der Waals surface area contributed by atoms with Gasteiger partial charge in [-0.05, 0) is 17.5 Å². The molecule has 0 saturated heterocycles. The molecule has 0 radical (unpaired) electrons. The lowest BCUT2D eigenvalue weighted by atomic mass is 10.4. The maximum atomic E-state index is 12.3. The largest absolute Gasteiger partial charge is 0.296 e. The van der Waals surface area contributed by atoms with Crippen LogP contribution < -0.4 is 5.32 Å². The van der Waals surface area contributed by atoms with Crippen molar-refractivity contribution in [2.75, 3.05) is 5.32 Å². The van der Waals surface area contributed by atoms with E-state index >= 15 is 0 Å². The van der Waals surface area contributed by atoms with Crippen molar-refractivity contribution in [3.63, 3.8) is 0 Å². The molecular formula is C15H9N5OS3. The highest BCUT2D eigenvalue weighted by atomic mass is 32.1. The van der Waals surface area contributed by atoms with E-state index in [1.807, 2.05) is 22.9 Å². The van der Waals surface area contributed by atoms with Gasteiger partial charge in [0.15, 0.2) is 16.0 Å². The summed E-state index contributed by atoms with van der Waals surface area (Å²) in [7, 11) is 0. The number of thiophene rings is 1. The molecule has 0 atom stereocenters. The van der Waals surface area contributed by atoms with Crippen LogP contribution in [0.3, 0.4) is 0 Å². The van der Waals surface area contributed by atoms with Gasteiger partial charge in [0.05, 0.1) is 10.6 Å². The van der Waals surface area contributed by atoms with E-state index in [0.717, 1.165) is 10.6 Å². The molecule has 0 unspecified atom stereocenters. The Hall–Kier alpha value is -2.49. The van der Waals surface area contributed by atoms with Crippen molar-refractivity contribution in [1.29, 1.82) is 0 Å². The van der Waals surface area contributed by atoms with E-state index in [-0.39, 0.29) is 5.91 Å². The molecule has 0 spiro atoms. The Morgan fingerprint density at radius 1 is 1.00 bits per heavy atom. The molecule has 4 aromatic heterocycles. The Balaban J connectivity index is 1.50. The monoisotopic (exact) mass is 371 g/mol. The van der Waals surface area contributed by atoms with Crippen LogP contribution in [-0.2, 0) is 0 Å². The summed E-state index contributed by atoms with van der Waals surface area (Å²) in [5.41, 5.74) is 1.19. The molecule has 4 aromatic rings. The number of anilines is 1. The molecule has 0 fully saturated rings. The van der Waals surface area contributed by atoms with Crippen LogP contribution in [0.1, 0.15) is 10.5 Å². The van der Waals surface area contributed by atoms with Gasteiger partial charge in [0.25, 0.3) is 5.91 Å². The molecule has 0 aliphatic carbocycles. The summed E-state index contributed by atoms with van der Waals surface area (Å²) in [6.07, 6.45) is 3.29. The zero-order valence-electron chi connectivity index (χ0n) is 12.0. The molecule has 6 nitrogen and oxygen atoms in total. The third-order valence-electron chi connectivity index (χ3n) is 2.99. The first-order valence-electron chi connectivity index (χ1n) is 6.83. The third-order valence-corrected chi connectivity index (χ3v) is 5.48. The Morgan fingerprint density at radius 3 is 2.67 bits per heavy atom. The summed E-state index contributed by atoms with van der Waals surface area (Å²) in [4.78, 5) is 30.4. The summed E-state index contributed by atoms with van der Waals surface area (Å²) in [5, 5.41) is 9.55. The SMILES string of the molecule is O=C(Nc1nc(-c2cccs2)cs1)c1csc(-c2ncccn2)n1. The van der Waals surface area contributed by atoms with Gasteiger partial charge in [-0.1, -0.05) is 6.07 Å². The van der Waals surface area contributed by atoms with Gasteiger partial charge in [-0.15, -0.1) is 34.0 Å². The van der Waals surface area contributed by atoms with Crippen LogP contribution in [0.15, 0.2) is 46.7 Å². The van der Waals surface area contributed by atoms with Crippen molar-refractivity contribution in [1.82, 2.24) is 19.9 Å². The number of amides is 1. The van der Waals surface area contributed by atoms with Crippen LogP contribution in [0.2, 0.25) is 0 Å². The molecule has 0 aliphatic rings. The van der Waals surface area contributed by atoms with Crippen molar-refractivity contribution < 1.29 is 4.79 Å². The number of thiazole rings is 2. The van der Waals surface area contributed by atoms with Crippen molar-refractivity contribution in [3.8, 4) is 21.4 Å². The molecule has 118 valence electrons. The van der Waals surface area contributed by atoms with E-state index in [2.05, 4.69) is 25.3 Å². The average molecular weight is 371 g/mol. The standard InChI is InChI=1S/C15H9N5OS3/c21-13(10-8-23-14(18-10)12-16-4-2-5-17-12)20-15-19-9(7-24-15)11-3-1-6-22-11/h1-8H,(H,19,20,21). The molecule has 4 rings (SSSR count). The maximum Gasteiger partial charge on any atom is 0.276 e. The van der Waals surface area contributed by atoms with E-state index in [9.17, 15) is 4.79 Å². The van der Waals surface area contributed by atoms with E-state index in [4.69, 9.17) is 0 Å². The van der Waals surface area contributed by atoms with E-state index in [1.54, 1.807) is 35.2 Å². The number of rotatable bonds is 4. The second-order valence-corrected chi connectivity index (χ2v) is 7.24. The van der Waals surface area contributed by atoms with Crippen LogP contribution in [-0.4, -0.2) is 25.8 Å². The molecule has 0 aliphatic heterocycles. The second-order valence-electron chi connectivity index (χ2n) is 4.58. The Kier molecular flexibility index (Phi) is 4.11. The summed E-state index contributed by atoms with van der Waals surface area (Å²) in [5.74, 6) is 0.219. The number of hydrogen-bond acceptors (Lipinski definition) is 8. The van der Waals surface area contributed by atoms with Gasteiger partial charge < -0.3 is 0 Å². The quantitative estimate of drug-likeness (QED) is 0.586. The summed E-state index contributed by atoms with van der Waals surface area (Å²) < 4.78 is 0. The van der Waals surface area contributed by atoms with Crippen molar-refractivity contribution in [3.05, 3.63) is 52.4 Å². The van der Waals surface area contributed by atoms with Gasteiger partial charge in [-0.2, -0.15) is 0 Å². The van der Waals surface area contributed by atoms with Gasteiger partial charge in [0.1, 0.15) is 5.69 Å². The number of carbonyl (C=O) groups is 1. The predicted octanol–water partition coefficient (Wildman–Crippen LogP) is 4.04. The lowest BCUT2D eigenvalue weighted by Gasteiger charge is -1.97. The molecule has 0 aromatic carbocycles. The minimum atomic E-state index is -0.291. The molecule has 1 N–H and O–H groups in total. The van der Waals surface area contributed by atoms with Crippen LogP contribution in [0.25, 0.3) is 21.4 Å². The Bertz CT molecular complexity index is 962. The van der Waals surface area contributed by atoms with E-state index in [0.29, 0.717) is 21.7 Å². The fraction of sp³-hybridized carbons (Fsp3) is 0. The van der Waals surface area contributed by atoms with E-state index in [1.165, 1.54) is 22.7 Å². The third kappa shape index (κ3) is 3.09. The number of aromatic nitrogens is 4. The summed E-state index contributed by atoms with van der Waals surface area (Å²) >= 11 is 4.33. The molecule has 24 heavy (non-hydrogen) atoms. The van der Waals surface area contributed by atoms with Crippen LogP contribution in [0.4, 0.5) is 5.13 Å². The first-order chi connectivity index (χ1) is 11.8. The summed E-state index contributed by atoms with van der Waals surface area (Å²) in [6.45, 7) is 0. The first kappa shape index (κ1) is 15.1. The zero-order chi connectivity index (χ0) is 16.4. The topological polar surface area (TPSA) is 80.7 Å². The number of nitrogens with one attached hydrogen (secondary N) is 1. The van der Waals surface area contributed by atoms with Crippen LogP contribution in [0.5, 0.6) is 0 Å². The Labute approximate surface area is 148 Å². The van der Waals surface area contributed by atoms with E-state index < -0.39 is 0 Å². The Morgan fingerprint density at radius 2 is 1.88 bits per heavy atom. The van der Waals surface area contributed by atoms with Crippen molar-refractivity contribution >= 4 is 45.0 Å². The predicted molar refractivity (Wildman–Crippen MR) is 96.5 cm³/mol. The molecule has 0 saturated carbocycles. The molecule has 9 heteroatoms. The van der Waals surface area contributed by atoms with Gasteiger partial charge >= 0.3 is 0 Å². The minimum absolute atomic E-state index is 0.291. The van der Waals surface area contributed by atoms with Crippen molar-refractivity contribution in [2.24, 2.45) is 0 Å². The van der Waals surface area contributed by atoms with Gasteiger partial charge in [-0.25, -0.2) is 19.9 Å². The highest BCUT2D eigenvalue weighted by Crippen LogP contribution is 2.28. The van der Waals surface area contributed by atoms with Crippen molar-refractivity contribution in [2.45, 2.75) is 0 Å². The number of hydrogen-bond donors (Lipinski definition) is 1. The average Bonchev–Trinajstić information content (AvgIpc) is 3.36. The highest BCUT2D eigenvalue weighted by Gasteiger charge is 2.15. The molecule has 1 amide bonds. The fourth-order valence-corrected chi connectivity index (χ4v) is 4.13. The second kappa shape index (κ2) is 6.56. The maximum absolute atomic E-state index is 12.3. The summed E-state index contributed by atoms with van der Waals surface area (Å²) in [6, 6.07) is 5.70. The molecular weight excluding hydrogens is 362 g/mol. The molecule has 0 bridgehead atoms. The lowest BCUT2D eigenvalue weighted by molar-refractivity contribution is 0.102. The van der Waals surface area contributed by atoms with Crippen LogP contribution in [0, 0.1) is 0 Å². The lowest BCUT2D eigenvalue weighted by Crippen LogP contribution is -2.12. The van der Waals surface area contributed by atoms with Gasteiger partial charge in [0, 0.05) is 23.2 Å². The van der Waals surface area contributed by atoms with Gasteiger partial charge in [-0.3, -0.25) is 10.1 Å². The fourth-order valence-electron chi connectivity index (χ4n) is 1.92. The number of nitrogens with zero attached hydrogens (tertiary/aromatic N) is 4. The van der Waals surface area contributed by atoms with Crippen LogP contribution >= 0.6 is 34.0 Å². The normalized spacial score (nSPS) is 10.7.